The molecule has 0 spiro atoms. The molecule has 12 aromatic rings. The Balaban J connectivity index is 1.06. The molecule has 0 unspecified atom stereocenters. The molecule has 6 heteroatoms. The molecule has 2 aliphatic heterocycles. The molecule has 0 bridgehead atoms. The minimum Gasteiger partial charge on any atom is -0.458 e. The van der Waals surface area contributed by atoms with Gasteiger partial charge in [0.25, 0.3) is 6.71 Å². The van der Waals surface area contributed by atoms with Crippen molar-refractivity contribution in [2.45, 2.75) is 52.4 Å². The average molecular weight is 878 g/mol. The maximum absolute atomic E-state index is 7.34. The van der Waals surface area contributed by atoms with Crippen LogP contribution in [-0.4, -0.2) is 15.8 Å². The van der Waals surface area contributed by atoms with Crippen molar-refractivity contribution in [1.29, 1.82) is 0 Å². The standard InChI is InChI=1S/C62H48BN3O2/c1-5-6-17-38-32-47-46-22-11-16-27-57(46)67-58(47)37-54(38)66-55-35-40(64-50-23-12-7-18-42(50)43-19-8-13-24-51(43)64)28-30-48(55)63-49-31-29-41(65-52-25-14-9-20-44(52)45-21-10-15-26-53(45)65)36-59(49)68-60-34-39(62(2,3)4)33-56(66)61(60)63/h7-16,18-37H,5-6,17H2,1-4H3. The summed E-state index contributed by atoms with van der Waals surface area (Å²) in [5, 5.41) is 7.29. The molecule has 0 radical (unpaired) electrons. The lowest BCUT2D eigenvalue weighted by molar-refractivity contribution is 0.483. The summed E-state index contributed by atoms with van der Waals surface area (Å²) in [7, 11) is 0. The van der Waals surface area contributed by atoms with Crippen LogP contribution in [0.3, 0.4) is 0 Å². The SMILES string of the molecule is CCCCc1cc2c(cc1N1c3cc(-n4c5ccccc5c5ccccc54)ccc3B3c4ccc(-n5c6ccccc6c6ccccc65)cc4Oc4cc(C(C)(C)C)cc1c43)oc1ccccc12. The van der Waals surface area contributed by atoms with Gasteiger partial charge in [-0.1, -0.05) is 137 Å². The largest absolute Gasteiger partial charge is 0.458 e. The van der Waals surface area contributed by atoms with Crippen LogP contribution in [0, 0.1) is 0 Å². The molecule has 0 amide bonds. The lowest BCUT2D eigenvalue weighted by atomic mass is 9.34. The van der Waals surface area contributed by atoms with E-state index in [9.17, 15) is 0 Å². The molecule has 14 rings (SSSR count). The molecule has 9 aromatic carbocycles. The number of para-hydroxylation sites is 5. The Labute approximate surface area is 395 Å². The number of unbranched alkanes of at least 4 members (excludes halogenated alkanes) is 1. The fourth-order valence-electron chi connectivity index (χ4n) is 11.7. The zero-order valence-electron chi connectivity index (χ0n) is 38.7. The number of rotatable bonds is 6. The van der Waals surface area contributed by atoms with Gasteiger partial charge in [0, 0.05) is 67.2 Å². The Morgan fingerprint density at radius 3 is 1.63 bits per heavy atom. The number of hydrogen-bond acceptors (Lipinski definition) is 3. The number of hydrogen-bond donors (Lipinski definition) is 0. The van der Waals surface area contributed by atoms with Crippen molar-refractivity contribution in [1.82, 2.24) is 9.13 Å². The predicted molar refractivity (Wildman–Crippen MR) is 286 cm³/mol. The maximum atomic E-state index is 7.34. The summed E-state index contributed by atoms with van der Waals surface area (Å²) >= 11 is 0. The quantitative estimate of drug-likeness (QED) is 0.156. The van der Waals surface area contributed by atoms with Crippen LogP contribution in [0.4, 0.5) is 17.1 Å². The zero-order chi connectivity index (χ0) is 45.4. The third-order valence-corrected chi connectivity index (χ3v) is 14.9. The second-order valence-electron chi connectivity index (χ2n) is 19.9. The Morgan fingerprint density at radius 2 is 1.03 bits per heavy atom. The highest BCUT2D eigenvalue weighted by atomic mass is 16.5. The topological polar surface area (TPSA) is 35.5 Å². The van der Waals surface area contributed by atoms with Crippen LogP contribution in [0.5, 0.6) is 11.5 Å². The number of furan rings is 1. The molecule has 2 aliphatic rings. The van der Waals surface area contributed by atoms with E-state index in [0.29, 0.717) is 0 Å². The van der Waals surface area contributed by atoms with Gasteiger partial charge in [-0.05, 0) is 113 Å². The number of nitrogens with zero attached hydrogens (tertiary/aromatic N) is 3. The van der Waals surface area contributed by atoms with Gasteiger partial charge in [0.05, 0.1) is 27.8 Å². The van der Waals surface area contributed by atoms with E-state index >= 15 is 0 Å². The van der Waals surface area contributed by atoms with Gasteiger partial charge >= 0.3 is 0 Å². The van der Waals surface area contributed by atoms with Gasteiger partial charge in [-0.3, -0.25) is 0 Å². The van der Waals surface area contributed by atoms with Gasteiger partial charge in [-0.25, -0.2) is 0 Å². The molecule has 0 saturated carbocycles. The predicted octanol–water partition coefficient (Wildman–Crippen LogP) is 14.8. The number of fused-ring (bicyclic) bond motifs is 13. The van der Waals surface area contributed by atoms with Crippen LogP contribution in [0.25, 0.3) is 76.9 Å². The highest BCUT2D eigenvalue weighted by Gasteiger charge is 2.43. The van der Waals surface area contributed by atoms with Gasteiger partial charge in [0.15, 0.2) is 0 Å². The number of aromatic nitrogens is 2. The van der Waals surface area contributed by atoms with Crippen molar-refractivity contribution < 1.29 is 9.15 Å². The van der Waals surface area contributed by atoms with Crippen LogP contribution >= 0.6 is 0 Å². The van der Waals surface area contributed by atoms with Gasteiger partial charge in [-0.15, -0.1) is 0 Å². The zero-order valence-corrected chi connectivity index (χ0v) is 38.7. The van der Waals surface area contributed by atoms with Crippen LogP contribution in [0.15, 0.2) is 186 Å². The molecule has 0 N–H and O–H groups in total. The summed E-state index contributed by atoms with van der Waals surface area (Å²) in [6.45, 7) is 9.13. The normalized spacial score (nSPS) is 13.2. The number of anilines is 3. The van der Waals surface area contributed by atoms with Crippen LogP contribution in [0.2, 0.25) is 0 Å². The first-order valence-electron chi connectivity index (χ1n) is 24.2. The number of benzene rings is 9. The van der Waals surface area contributed by atoms with E-state index in [-0.39, 0.29) is 12.1 Å². The first-order valence-corrected chi connectivity index (χ1v) is 24.2. The first-order chi connectivity index (χ1) is 33.3. The molecule has 3 aromatic heterocycles. The van der Waals surface area contributed by atoms with Crippen LogP contribution in [0.1, 0.15) is 51.7 Å². The van der Waals surface area contributed by atoms with E-state index in [4.69, 9.17) is 9.15 Å². The van der Waals surface area contributed by atoms with Gasteiger partial charge in [0.1, 0.15) is 22.7 Å². The summed E-state index contributed by atoms with van der Waals surface area (Å²) in [6, 6.07) is 67.1. The summed E-state index contributed by atoms with van der Waals surface area (Å²) < 4.78 is 18.9. The number of ether oxygens (including phenoxy) is 1. The van der Waals surface area contributed by atoms with Crippen molar-refractivity contribution >= 4 is 106 Å². The van der Waals surface area contributed by atoms with E-state index < -0.39 is 0 Å². The molecular formula is C62H48BN3O2. The summed E-state index contributed by atoms with van der Waals surface area (Å²) in [5.74, 6) is 1.79. The minimum atomic E-state index is -0.167. The molecule has 0 saturated heterocycles. The molecule has 0 atom stereocenters. The van der Waals surface area contributed by atoms with E-state index in [1.165, 1.54) is 65.7 Å². The molecule has 0 fully saturated rings. The second-order valence-corrected chi connectivity index (χ2v) is 19.9. The van der Waals surface area contributed by atoms with Gasteiger partial charge in [0.2, 0.25) is 0 Å². The molecule has 68 heavy (non-hydrogen) atoms. The smallest absolute Gasteiger partial charge is 0.256 e. The minimum absolute atomic E-state index is 0.0857. The first kappa shape index (κ1) is 39.2. The van der Waals surface area contributed by atoms with Crippen molar-refractivity contribution in [3.8, 4) is 22.9 Å². The lowest BCUT2D eigenvalue weighted by Crippen LogP contribution is -2.59. The summed E-state index contributed by atoms with van der Waals surface area (Å²) in [4.78, 5) is 2.57. The van der Waals surface area contributed by atoms with E-state index in [0.717, 1.165) is 86.6 Å². The Hall–Kier alpha value is -7.96. The monoisotopic (exact) mass is 877 g/mol. The molecular weight excluding hydrogens is 830 g/mol. The van der Waals surface area contributed by atoms with E-state index in [1.54, 1.807) is 0 Å². The summed E-state index contributed by atoms with van der Waals surface area (Å²) in [5.41, 5.74) is 18.1. The fourth-order valence-corrected chi connectivity index (χ4v) is 11.7. The lowest BCUT2D eigenvalue weighted by Gasteiger charge is -2.42. The van der Waals surface area contributed by atoms with Crippen molar-refractivity contribution in [2.75, 3.05) is 4.90 Å². The summed E-state index contributed by atoms with van der Waals surface area (Å²) in [6.07, 6.45) is 3.11. The fraction of sp³-hybridized carbons (Fsp3) is 0.129. The van der Waals surface area contributed by atoms with Crippen molar-refractivity contribution in [2.24, 2.45) is 0 Å². The molecule has 5 heterocycles. The van der Waals surface area contributed by atoms with Gasteiger partial charge in [-0.2, -0.15) is 0 Å². The van der Waals surface area contributed by atoms with E-state index in [2.05, 4.69) is 224 Å². The maximum Gasteiger partial charge on any atom is 0.256 e. The van der Waals surface area contributed by atoms with Crippen molar-refractivity contribution in [3.63, 3.8) is 0 Å². The Morgan fingerprint density at radius 1 is 0.471 bits per heavy atom. The highest BCUT2D eigenvalue weighted by molar-refractivity contribution is 6.99. The number of aryl methyl sites for hydroxylation is 1. The molecule has 5 nitrogen and oxygen atoms in total. The van der Waals surface area contributed by atoms with Crippen LogP contribution < -0.4 is 26.0 Å². The van der Waals surface area contributed by atoms with Gasteiger partial charge < -0.3 is 23.2 Å². The third-order valence-electron chi connectivity index (χ3n) is 14.9. The second kappa shape index (κ2) is 14.5. The average Bonchev–Trinajstić information content (AvgIpc) is 4.02. The molecule has 0 aliphatic carbocycles. The van der Waals surface area contributed by atoms with Crippen molar-refractivity contribution in [3.05, 3.63) is 193 Å². The highest BCUT2D eigenvalue weighted by Crippen LogP contribution is 2.47. The van der Waals surface area contributed by atoms with Crippen LogP contribution in [-0.2, 0) is 11.8 Å². The van der Waals surface area contributed by atoms with E-state index in [1.807, 2.05) is 0 Å². The third kappa shape index (κ3) is 5.64. The Kier molecular flexibility index (Phi) is 8.38. The molecule has 326 valence electrons. The Bertz CT molecular complexity index is 3960.